The number of para-hydroxylation sites is 1. The van der Waals surface area contributed by atoms with Crippen molar-refractivity contribution < 1.29 is 14.7 Å². The van der Waals surface area contributed by atoms with E-state index < -0.39 is 11.5 Å². The number of amides is 1. The van der Waals surface area contributed by atoms with Crippen LogP contribution in [0.5, 0.6) is 0 Å². The summed E-state index contributed by atoms with van der Waals surface area (Å²) in [6.07, 6.45) is -0.307. The Morgan fingerprint density at radius 2 is 1.30 bits per heavy atom. The fraction of sp³-hybridized carbons (Fsp3) is 0.103. The van der Waals surface area contributed by atoms with Gasteiger partial charge >= 0.3 is 0 Å². The van der Waals surface area contributed by atoms with E-state index in [0.717, 1.165) is 16.7 Å². The summed E-state index contributed by atoms with van der Waals surface area (Å²) in [6, 6.07) is 34.0. The standard InChI is InChI=1S/C29H23NO3/c31-27(24-17-15-23(16-18-24)22-11-5-2-6-12-22)19-29(33)25-13-7-8-14-26(25)30(28(29)32)20-21-9-3-1-4-10-21/h1-18,33H,19-20H2. The molecule has 1 aliphatic rings. The number of Topliss-reactive ketones (excluding diaryl/α,β-unsaturated/α-hetero) is 1. The highest BCUT2D eigenvalue weighted by molar-refractivity contribution is 6.10. The summed E-state index contributed by atoms with van der Waals surface area (Å²) < 4.78 is 0. The van der Waals surface area contributed by atoms with Gasteiger partial charge in [0.05, 0.1) is 18.7 Å². The van der Waals surface area contributed by atoms with Crippen LogP contribution < -0.4 is 4.90 Å². The van der Waals surface area contributed by atoms with E-state index >= 15 is 0 Å². The van der Waals surface area contributed by atoms with Crippen molar-refractivity contribution in [3.8, 4) is 11.1 Å². The van der Waals surface area contributed by atoms with Crippen molar-refractivity contribution in [1.29, 1.82) is 0 Å². The maximum absolute atomic E-state index is 13.4. The Morgan fingerprint density at radius 1 is 0.727 bits per heavy atom. The lowest BCUT2D eigenvalue weighted by Gasteiger charge is -2.23. The first-order chi connectivity index (χ1) is 16.1. The minimum Gasteiger partial charge on any atom is -0.375 e. The van der Waals surface area contributed by atoms with E-state index in [0.29, 0.717) is 23.4 Å². The summed E-state index contributed by atoms with van der Waals surface area (Å²) in [4.78, 5) is 28.1. The van der Waals surface area contributed by atoms with E-state index in [1.54, 1.807) is 29.2 Å². The molecule has 0 saturated heterocycles. The second kappa shape index (κ2) is 8.49. The molecule has 1 unspecified atom stereocenters. The molecule has 1 atom stereocenters. The lowest BCUT2D eigenvalue weighted by Crippen LogP contribution is -2.41. The second-order valence-electron chi connectivity index (χ2n) is 8.30. The first kappa shape index (κ1) is 20.9. The Morgan fingerprint density at radius 3 is 2.00 bits per heavy atom. The molecule has 0 fully saturated rings. The van der Waals surface area contributed by atoms with E-state index in [9.17, 15) is 14.7 Å². The molecule has 162 valence electrons. The SMILES string of the molecule is O=C(CC1(O)C(=O)N(Cc2ccccc2)c2ccccc21)c1ccc(-c2ccccc2)cc1. The molecule has 1 aliphatic heterocycles. The van der Waals surface area contributed by atoms with E-state index in [-0.39, 0.29) is 12.2 Å². The molecule has 1 heterocycles. The fourth-order valence-corrected chi connectivity index (χ4v) is 4.41. The van der Waals surface area contributed by atoms with Gasteiger partial charge < -0.3 is 10.0 Å². The van der Waals surface area contributed by atoms with Gasteiger partial charge in [0.2, 0.25) is 0 Å². The molecule has 5 rings (SSSR count). The number of ketones is 1. The van der Waals surface area contributed by atoms with E-state index in [4.69, 9.17) is 0 Å². The predicted molar refractivity (Wildman–Crippen MR) is 129 cm³/mol. The number of fused-ring (bicyclic) bond motifs is 1. The molecule has 33 heavy (non-hydrogen) atoms. The predicted octanol–water partition coefficient (Wildman–Crippen LogP) is 5.36. The molecule has 4 heteroatoms. The van der Waals surface area contributed by atoms with E-state index in [2.05, 4.69) is 0 Å². The zero-order valence-corrected chi connectivity index (χ0v) is 18.0. The maximum atomic E-state index is 13.4. The highest BCUT2D eigenvalue weighted by Crippen LogP contribution is 2.43. The Labute approximate surface area is 192 Å². The van der Waals surface area contributed by atoms with Gasteiger partial charge in [0.25, 0.3) is 5.91 Å². The number of anilines is 1. The molecule has 4 aromatic carbocycles. The Kier molecular flexibility index (Phi) is 5.37. The van der Waals surface area contributed by atoms with E-state index in [1.807, 2.05) is 84.9 Å². The molecule has 4 aromatic rings. The smallest absolute Gasteiger partial charge is 0.264 e. The number of rotatable bonds is 6. The van der Waals surface area contributed by atoms with Crippen LogP contribution in [-0.2, 0) is 16.9 Å². The molecule has 1 amide bonds. The van der Waals surface area contributed by atoms with E-state index in [1.165, 1.54) is 0 Å². The van der Waals surface area contributed by atoms with Crippen molar-refractivity contribution in [2.45, 2.75) is 18.6 Å². The average molecular weight is 434 g/mol. The normalized spacial score (nSPS) is 17.1. The summed E-state index contributed by atoms with van der Waals surface area (Å²) in [5.41, 5.74) is 2.71. The van der Waals surface area contributed by atoms with Crippen LogP contribution in [0.25, 0.3) is 11.1 Å². The van der Waals surface area contributed by atoms with Gasteiger partial charge in [0.1, 0.15) is 0 Å². The zero-order valence-electron chi connectivity index (χ0n) is 18.0. The van der Waals surface area contributed by atoms with Crippen molar-refractivity contribution in [2.75, 3.05) is 4.90 Å². The molecule has 0 bridgehead atoms. The molecular formula is C29H23NO3. The Bertz CT molecular complexity index is 1300. The second-order valence-corrected chi connectivity index (χ2v) is 8.30. The van der Waals surface area contributed by atoms with Gasteiger partial charge in [-0.1, -0.05) is 103 Å². The summed E-state index contributed by atoms with van der Waals surface area (Å²) >= 11 is 0. The van der Waals surface area contributed by atoms with Gasteiger partial charge in [-0.25, -0.2) is 0 Å². The number of nitrogens with zero attached hydrogens (tertiary/aromatic N) is 1. The zero-order chi connectivity index (χ0) is 22.8. The van der Waals surface area contributed by atoms with Gasteiger partial charge in [-0.3, -0.25) is 9.59 Å². The van der Waals surface area contributed by atoms with Crippen LogP contribution in [0.4, 0.5) is 5.69 Å². The number of hydrogen-bond donors (Lipinski definition) is 1. The topological polar surface area (TPSA) is 57.6 Å². The number of aliphatic hydroxyl groups is 1. The Balaban J connectivity index is 1.41. The minimum absolute atomic E-state index is 0.276. The van der Waals surface area contributed by atoms with Crippen molar-refractivity contribution in [3.63, 3.8) is 0 Å². The molecule has 0 spiro atoms. The van der Waals surface area contributed by atoms with Crippen LogP contribution in [0.1, 0.15) is 27.9 Å². The quantitative estimate of drug-likeness (QED) is 0.417. The molecule has 0 aromatic heterocycles. The summed E-state index contributed by atoms with van der Waals surface area (Å²) in [5, 5.41) is 11.5. The van der Waals surface area contributed by atoms with Gasteiger partial charge in [-0.2, -0.15) is 0 Å². The highest BCUT2D eigenvalue weighted by atomic mass is 16.3. The van der Waals surface area contributed by atoms with Gasteiger partial charge in [-0.05, 0) is 22.8 Å². The third kappa shape index (κ3) is 3.86. The van der Waals surface area contributed by atoms with Crippen LogP contribution in [0.3, 0.4) is 0 Å². The van der Waals surface area contributed by atoms with Crippen LogP contribution in [0, 0.1) is 0 Å². The molecule has 1 N–H and O–H groups in total. The third-order valence-electron chi connectivity index (χ3n) is 6.15. The van der Waals surface area contributed by atoms with Crippen molar-refractivity contribution in [2.24, 2.45) is 0 Å². The van der Waals surface area contributed by atoms with Gasteiger partial charge in [0, 0.05) is 11.1 Å². The molecule has 0 radical (unpaired) electrons. The number of hydrogen-bond acceptors (Lipinski definition) is 3. The lowest BCUT2D eigenvalue weighted by atomic mass is 9.88. The maximum Gasteiger partial charge on any atom is 0.264 e. The molecular weight excluding hydrogens is 410 g/mol. The first-order valence-corrected chi connectivity index (χ1v) is 10.9. The Hall–Kier alpha value is -4.02. The summed E-state index contributed by atoms with van der Waals surface area (Å²) in [6.45, 7) is 0.332. The highest BCUT2D eigenvalue weighted by Gasteiger charge is 2.50. The van der Waals surface area contributed by atoms with Crippen LogP contribution in [0.15, 0.2) is 109 Å². The minimum atomic E-state index is -1.89. The molecule has 0 aliphatic carbocycles. The van der Waals surface area contributed by atoms with Crippen molar-refractivity contribution >= 4 is 17.4 Å². The molecule has 4 nitrogen and oxygen atoms in total. The van der Waals surface area contributed by atoms with Gasteiger partial charge in [0.15, 0.2) is 11.4 Å². The van der Waals surface area contributed by atoms with Gasteiger partial charge in [-0.15, -0.1) is 0 Å². The van der Waals surface area contributed by atoms with Crippen LogP contribution in [0.2, 0.25) is 0 Å². The third-order valence-corrected chi connectivity index (χ3v) is 6.15. The van der Waals surface area contributed by atoms with Crippen LogP contribution >= 0.6 is 0 Å². The average Bonchev–Trinajstić information content (AvgIpc) is 3.07. The fourth-order valence-electron chi connectivity index (χ4n) is 4.41. The summed E-state index contributed by atoms with van der Waals surface area (Å²) in [7, 11) is 0. The largest absolute Gasteiger partial charge is 0.375 e. The number of carbonyl (C=O) groups excluding carboxylic acids is 2. The first-order valence-electron chi connectivity index (χ1n) is 10.9. The summed E-state index contributed by atoms with van der Waals surface area (Å²) in [5.74, 6) is -0.747. The number of carbonyl (C=O) groups is 2. The lowest BCUT2D eigenvalue weighted by molar-refractivity contribution is -0.136. The van der Waals surface area contributed by atoms with Crippen molar-refractivity contribution in [1.82, 2.24) is 0 Å². The number of benzene rings is 4. The molecule has 0 saturated carbocycles. The monoisotopic (exact) mass is 433 g/mol. The van der Waals surface area contributed by atoms with Crippen LogP contribution in [-0.4, -0.2) is 16.8 Å². The van der Waals surface area contributed by atoms with Crippen molar-refractivity contribution in [3.05, 3.63) is 126 Å².